The van der Waals surface area contributed by atoms with Crippen molar-refractivity contribution in [3.05, 3.63) is 107 Å². The maximum absolute atomic E-state index is 13.6. The number of amides is 2. The van der Waals surface area contributed by atoms with Crippen LogP contribution < -0.4 is 24.6 Å². The van der Waals surface area contributed by atoms with Crippen molar-refractivity contribution in [2.75, 3.05) is 56.3 Å². The Kier molecular flexibility index (Phi) is 13.1. The number of carbonyl (C=O) groups excluding carboxylic acids is 2. The van der Waals surface area contributed by atoms with Crippen LogP contribution >= 0.6 is 0 Å². The topological polar surface area (TPSA) is 151 Å². The fourth-order valence-electron chi connectivity index (χ4n) is 12.4. The highest BCUT2D eigenvalue weighted by Gasteiger charge is 2.64. The van der Waals surface area contributed by atoms with E-state index in [0.717, 1.165) is 131 Å². The molecule has 0 radical (unpaired) electrons. The summed E-state index contributed by atoms with van der Waals surface area (Å²) in [6, 6.07) is 22.2. The second-order valence-corrected chi connectivity index (χ2v) is 21.3. The molecule has 3 aromatic heterocycles. The SMILES string of the molecule is COc1cc(OC2C(C)(C)C(NC(=O)c3ccc(N4CCC(CCc5ccc(-c6cc7c(cn6)N(c6nn(C8CCOCC8)c8c6CN(C(C)=O)CC8)CCC7)cn5)CC4)cc3)C2(C)C)ccc1C#N. The number of rotatable bonds is 12. The van der Waals surface area contributed by atoms with Crippen LogP contribution in [-0.2, 0) is 35.3 Å². The molecule has 10 rings (SSSR count). The lowest BCUT2D eigenvalue weighted by Gasteiger charge is -2.63. The van der Waals surface area contributed by atoms with Gasteiger partial charge in [-0.2, -0.15) is 10.4 Å². The first-order valence-electron chi connectivity index (χ1n) is 25.4. The number of aryl methyl sites for hydroxylation is 2. The van der Waals surface area contributed by atoms with Crippen molar-refractivity contribution in [1.29, 1.82) is 5.26 Å². The molecule has 14 heteroatoms. The summed E-state index contributed by atoms with van der Waals surface area (Å²) >= 11 is 0. The number of fused-ring (bicyclic) bond motifs is 2. The lowest BCUT2D eigenvalue weighted by molar-refractivity contribution is -0.164. The number of carbonyl (C=O) groups is 2. The number of hydrogen-bond acceptors (Lipinski definition) is 11. The van der Waals surface area contributed by atoms with Crippen molar-refractivity contribution in [3.8, 4) is 28.8 Å². The zero-order valence-corrected chi connectivity index (χ0v) is 41.7. The van der Waals surface area contributed by atoms with E-state index in [0.29, 0.717) is 41.1 Å². The Morgan fingerprint density at radius 3 is 2.37 bits per heavy atom. The molecule has 7 heterocycles. The van der Waals surface area contributed by atoms with Gasteiger partial charge < -0.3 is 34.2 Å². The van der Waals surface area contributed by atoms with Crippen LogP contribution in [0.2, 0.25) is 0 Å². The van der Waals surface area contributed by atoms with E-state index in [1.54, 1.807) is 32.2 Å². The van der Waals surface area contributed by atoms with Gasteiger partial charge in [-0.3, -0.25) is 24.2 Å². The lowest BCUT2D eigenvalue weighted by atomic mass is 9.49. The van der Waals surface area contributed by atoms with Crippen LogP contribution in [0.4, 0.5) is 17.2 Å². The number of pyridine rings is 2. The summed E-state index contributed by atoms with van der Waals surface area (Å²) in [7, 11) is 1.55. The van der Waals surface area contributed by atoms with Crippen molar-refractivity contribution >= 4 is 29.0 Å². The van der Waals surface area contributed by atoms with Gasteiger partial charge in [0.25, 0.3) is 5.91 Å². The van der Waals surface area contributed by atoms with Crippen molar-refractivity contribution in [2.24, 2.45) is 16.7 Å². The summed E-state index contributed by atoms with van der Waals surface area (Å²) in [5, 5.41) is 18.0. The average molecular weight is 946 g/mol. The van der Waals surface area contributed by atoms with Crippen LogP contribution in [0, 0.1) is 28.1 Å². The molecule has 5 aromatic rings. The van der Waals surface area contributed by atoms with Gasteiger partial charge in [-0.15, -0.1) is 0 Å². The number of nitrogens with zero attached hydrogens (tertiary/aromatic N) is 8. The van der Waals surface area contributed by atoms with E-state index in [1.165, 1.54) is 16.8 Å². The van der Waals surface area contributed by atoms with Gasteiger partial charge in [-0.05, 0) is 117 Å². The fourth-order valence-corrected chi connectivity index (χ4v) is 12.4. The number of anilines is 3. The number of methoxy groups -OCH3 is 1. The predicted molar refractivity (Wildman–Crippen MR) is 270 cm³/mol. The molecule has 14 nitrogen and oxygen atoms in total. The molecule has 70 heavy (non-hydrogen) atoms. The van der Waals surface area contributed by atoms with Gasteiger partial charge in [-0.25, -0.2) is 0 Å². The molecule has 2 aromatic carbocycles. The molecule has 0 atom stereocenters. The Morgan fingerprint density at radius 1 is 0.900 bits per heavy atom. The van der Waals surface area contributed by atoms with Gasteiger partial charge in [0.2, 0.25) is 5.91 Å². The molecule has 0 unspecified atom stereocenters. The minimum Gasteiger partial charge on any atom is -0.495 e. The standard InChI is InChI=1S/C56H67N9O5/c1-36(66)63-27-21-48-46(35-63)51(61-65(48)44-22-28-69-29-23-44)64-24-7-8-39-30-47(59-34-49(39)64)41-10-15-42(58-33-41)14-9-37-19-25-62(26-20-37)43-16-11-38(12-17-43)52(67)60-53-55(2,3)54(56(53,4)5)70-45-18-13-40(32-57)50(31-45)68-6/h10-13,15-18,30-31,33-34,37,44,53-54H,7-9,14,19-29,35H2,1-6H3,(H,60,67). The Bertz CT molecular complexity index is 2750. The van der Waals surface area contributed by atoms with Gasteiger partial charge in [0.1, 0.15) is 23.7 Å². The Balaban J connectivity index is 0.713. The fraction of sp³-hybridized carbons (Fsp3) is 0.500. The Morgan fingerprint density at radius 2 is 1.67 bits per heavy atom. The van der Waals surface area contributed by atoms with E-state index < -0.39 is 0 Å². The highest BCUT2D eigenvalue weighted by Crippen LogP contribution is 2.56. The third kappa shape index (κ3) is 9.09. The normalized spacial score (nSPS) is 21.0. The summed E-state index contributed by atoms with van der Waals surface area (Å²) in [4.78, 5) is 42.8. The molecular formula is C56H67N9O5. The summed E-state index contributed by atoms with van der Waals surface area (Å²) in [6.45, 7) is 15.8. The number of nitriles is 1. The van der Waals surface area contributed by atoms with E-state index >= 15 is 0 Å². The summed E-state index contributed by atoms with van der Waals surface area (Å²) in [6.07, 6.45) is 12.9. The molecule has 1 saturated carbocycles. The second kappa shape index (κ2) is 19.4. The van der Waals surface area contributed by atoms with E-state index in [1.807, 2.05) is 29.4 Å². The second-order valence-electron chi connectivity index (χ2n) is 21.3. The molecule has 1 N–H and O–H groups in total. The van der Waals surface area contributed by atoms with Crippen molar-refractivity contribution in [2.45, 2.75) is 117 Å². The monoisotopic (exact) mass is 946 g/mol. The Hall–Kier alpha value is -6.46. The number of aromatic nitrogens is 4. The van der Waals surface area contributed by atoms with Crippen molar-refractivity contribution < 1.29 is 23.8 Å². The van der Waals surface area contributed by atoms with E-state index in [-0.39, 0.29) is 34.8 Å². The third-order valence-electron chi connectivity index (χ3n) is 16.1. The Labute approximate surface area is 412 Å². The highest BCUT2D eigenvalue weighted by molar-refractivity contribution is 5.95. The minimum atomic E-state index is -0.337. The van der Waals surface area contributed by atoms with Crippen LogP contribution in [0.5, 0.6) is 11.5 Å². The predicted octanol–water partition coefficient (Wildman–Crippen LogP) is 9.02. The van der Waals surface area contributed by atoms with Crippen LogP contribution in [0.1, 0.15) is 118 Å². The first-order valence-corrected chi connectivity index (χ1v) is 25.4. The van der Waals surface area contributed by atoms with Gasteiger partial charge in [-0.1, -0.05) is 27.7 Å². The van der Waals surface area contributed by atoms with Crippen molar-refractivity contribution in [1.82, 2.24) is 30.0 Å². The molecule has 0 bridgehead atoms. The first kappa shape index (κ1) is 47.2. The molecule has 2 amide bonds. The quantitative estimate of drug-likeness (QED) is 0.128. The van der Waals surface area contributed by atoms with Crippen LogP contribution in [0.25, 0.3) is 11.3 Å². The van der Waals surface area contributed by atoms with Gasteiger partial charge in [0, 0.05) is 116 Å². The van der Waals surface area contributed by atoms with E-state index in [9.17, 15) is 14.9 Å². The van der Waals surface area contributed by atoms with Crippen LogP contribution in [0.3, 0.4) is 0 Å². The van der Waals surface area contributed by atoms with E-state index in [2.05, 4.69) is 83.9 Å². The third-order valence-corrected chi connectivity index (χ3v) is 16.1. The molecule has 2 saturated heterocycles. The maximum atomic E-state index is 13.6. The molecule has 5 aliphatic rings. The van der Waals surface area contributed by atoms with E-state index in [4.69, 9.17) is 29.3 Å². The van der Waals surface area contributed by atoms with Crippen LogP contribution in [-0.4, -0.2) is 95.1 Å². The number of nitrogens with one attached hydrogen (secondary N) is 1. The highest BCUT2D eigenvalue weighted by atomic mass is 16.5. The average Bonchev–Trinajstić information content (AvgIpc) is 3.77. The number of benzene rings is 2. The number of hydrogen-bond donors (Lipinski definition) is 1. The largest absolute Gasteiger partial charge is 0.495 e. The molecule has 3 fully saturated rings. The summed E-state index contributed by atoms with van der Waals surface area (Å²) in [5.41, 5.74) is 9.46. The molecule has 4 aliphatic heterocycles. The van der Waals surface area contributed by atoms with Gasteiger partial charge in [0.05, 0.1) is 42.8 Å². The van der Waals surface area contributed by atoms with Gasteiger partial charge in [0.15, 0.2) is 5.82 Å². The number of ether oxygens (including phenoxy) is 3. The summed E-state index contributed by atoms with van der Waals surface area (Å²) < 4.78 is 19.8. The molecule has 366 valence electrons. The molecule has 1 aliphatic carbocycles. The van der Waals surface area contributed by atoms with Gasteiger partial charge >= 0.3 is 0 Å². The maximum Gasteiger partial charge on any atom is 0.251 e. The van der Waals surface area contributed by atoms with Crippen LogP contribution in [0.15, 0.2) is 73.1 Å². The minimum absolute atomic E-state index is 0.0873. The van der Waals surface area contributed by atoms with Crippen molar-refractivity contribution in [3.63, 3.8) is 0 Å². The smallest absolute Gasteiger partial charge is 0.251 e. The molecule has 0 spiro atoms. The zero-order valence-electron chi connectivity index (χ0n) is 41.7. The summed E-state index contributed by atoms with van der Waals surface area (Å²) in [5.74, 6) is 2.74. The lowest BCUT2D eigenvalue weighted by Crippen LogP contribution is -2.74. The number of piperidine rings is 1. The zero-order chi connectivity index (χ0) is 48.7. The first-order chi connectivity index (χ1) is 33.8. The molecular weight excluding hydrogens is 879 g/mol.